The Kier molecular flexibility index (Phi) is 18.7. The van der Waals surface area contributed by atoms with Crippen LogP contribution in [0.4, 0.5) is 0 Å². The topological polar surface area (TPSA) is 253 Å². The molecule has 0 aromatic heterocycles. The van der Waals surface area contributed by atoms with Gasteiger partial charge in [-0.05, 0) is 0 Å². The first kappa shape index (κ1) is 39.6. The van der Waals surface area contributed by atoms with E-state index >= 15 is 0 Å². The van der Waals surface area contributed by atoms with E-state index in [4.69, 9.17) is 37.9 Å². The number of ether oxygens (including phenoxy) is 8. The fraction of sp³-hybridized carbons (Fsp3) is 0.926. The third-order valence-corrected chi connectivity index (χ3v) is 6.86. The lowest BCUT2D eigenvalue weighted by atomic mass is 9.97. The molecule has 8 N–H and O–H groups in total. The maximum Gasteiger partial charge on any atom is 0.217 e. The quantitative estimate of drug-likeness (QED) is 0.0428. The predicted molar refractivity (Wildman–Crippen MR) is 150 cm³/mol. The molecule has 11 atom stereocenters. The molecule has 0 radical (unpaired) electrons. The van der Waals surface area contributed by atoms with E-state index in [9.17, 15) is 40.2 Å². The van der Waals surface area contributed by atoms with Gasteiger partial charge in [0.25, 0.3) is 0 Å². The van der Waals surface area contributed by atoms with Crippen molar-refractivity contribution in [2.45, 2.75) is 82.1 Å². The van der Waals surface area contributed by atoms with E-state index in [0.717, 1.165) is 0 Å². The highest BCUT2D eigenvalue weighted by Gasteiger charge is 2.46. The summed E-state index contributed by atoms with van der Waals surface area (Å²) in [5.74, 6) is -0.831. The molecule has 45 heavy (non-hydrogen) atoms. The predicted octanol–water partition coefficient (Wildman–Crippen LogP) is -4.43. The average molecular weight is 659 g/mol. The second kappa shape index (κ2) is 21.3. The Morgan fingerprint density at radius 2 is 1.07 bits per heavy atom. The second-order valence-electron chi connectivity index (χ2n) is 10.8. The largest absolute Gasteiger partial charge is 0.394 e. The molecule has 0 aromatic carbocycles. The number of rotatable bonds is 21. The van der Waals surface area contributed by atoms with Gasteiger partial charge in [-0.1, -0.05) is 6.92 Å². The van der Waals surface area contributed by atoms with Crippen molar-refractivity contribution in [2.75, 3.05) is 72.9 Å². The summed E-state index contributed by atoms with van der Waals surface area (Å²) < 4.78 is 43.9. The van der Waals surface area contributed by atoms with Crippen molar-refractivity contribution in [1.29, 1.82) is 0 Å². The minimum absolute atomic E-state index is 0.0133. The Bertz CT molecular complexity index is 843. The molecule has 2 amide bonds. The van der Waals surface area contributed by atoms with Gasteiger partial charge in [-0.2, -0.15) is 0 Å². The number of nitrogens with one attached hydrogen (secondary N) is 2. The molecule has 18 heteroatoms. The van der Waals surface area contributed by atoms with Crippen LogP contribution in [0.25, 0.3) is 0 Å². The van der Waals surface area contributed by atoms with Gasteiger partial charge in [0.2, 0.25) is 11.8 Å². The first-order chi connectivity index (χ1) is 21.5. The summed E-state index contributed by atoms with van der Waals surface area (Å²) in [6.45, 7) is 5.11. The third-order valence-electron chi connectivity index (χ3n) is 6.86. The molecule has 2 rings (SSSR count). The van der Waals surface area contributed by atoms with Gasteiger partial charge in [-0.15, -0.1) is 0 Å². The summed E-state index contributed by atoms with van der Waals surface area (Å²) in [5, 5.41) is 64.3. The zero-order valence-corrected chi connectivity index (χ0v) is 25.9. The fourth-order valence-corrected chi connectivity index (χ4v) is 4.59. The van der Waals surface area contributed by atoms with Crippen LogP contribution in [0.5, 0.6) is 0 Å². The van der Waals surface area contributed by atoms with Crippen LogP contribution in [0, 0.1) is 5.92 Å². The molecule has 2 heterocycles. The molecule has 18 nitrogen and oxygen atoms in total. The van der Waals surface area contributed by atoms with Crippen LogP contribution >= 0.6 is 0 Å². The highest BCUT2D eigenvalue weighted by atomic mass is 16.7. The van der Waals surface area contributed by atoms with E-state index in [-0.39, 0.29) is 45.7 Å². The van der Waals surface area contributed by atoms with Crippen LogP contribution in [-0.2, 0) is 47.5 Å². The number of carbonyl (C=O) groups excluding carboxylic acids is 2. The number of aliphatic hydroxyl groups is 6. The summed E-state index contributed by atoms with van der Waals surface area (Å²) in [6, 6.07) is -2.04. The minimum atomic E-state index is -1.39. The van der Waals surface area contributed by atoms with Gasteiger partial charge in [-0.25, -0.2) is 0 Å². The molecular weight excluding hydrogens is 608 g/mol. The molecule has 264 valence electrons. The van der Waals surface area contributed by atoms with Crippen molar-refractivity contribution in [2.24, 2.45) is 5.92 Å². The third kappa shape index (κ3) is 13.6. The molecule has 2 aliphatic rings. The highest BCUT2D eigenvalue weighted by molar-refractivity contribution is 5.73. The number of hydrogen-bond acceptors (Lipinski definition) is 16. The lowest BCUT2D eigenvalue weighted by Gasteiger charge is -2.42. The van der Waals surface area contributed by atoms with E-state index in [1.54, 1.807) is 0 Å². The lowest BCUT2D eigenvalue weighted by Crippen LogP contribution is -2.64. The van der Waals surface area contributed by atoms with E-state index < -0.39 is 86.3 Å². The SMILES string of the molecule is CC(=O)NC1C(O)[C@@H](O)C(CO)O[C@H]1OCCOCCOCC(C)COCOCCO[C@@H]1OC(CO)[C@H](O)C(O)C1NC(C)=O. The standard InChI is InChI=1S/C27H50N2O16/c1-15(13-41-14-40-7-9-43-27-21(29-17(3)33)25(37)23(35)19(11-31)45-27)12-39-5-4-38-6-8-42-26-20(28-16(2)32)24(36)22(34)18(10-30)44-26/h15,18-27,30-31,34-37H,4-14H2,1-3H3,(H,28,32)(H,29,33)/t15?,18?,19?,20?,21?,22-,23-,24?,25?,26+,27+/m0/s1. The Labute approximate surface area is 261 Å². The summed E-state index contributed by atoms with van der Waals surface area (Å²) in [7, 11) is 0. The summed E-state index contributed by atoms with van der Waals surface area (Å²) in [6.07, 6.45) is -9.86. The van der Waals surface area contributed by atoms with Crippen LogP contribution in [0.2, 0.25) is 0 Å². The number of aliphatic hydroxyl groups excluding tert-OH is 6. The highest BCUT2D eigenvalue weighted by Crippen LogP contribution is 2.23. The van der Waals surface area contributed by atoms with Gasteiger partial charge in [0.1, 0.15) is 55.5 Å². The molecule has 0 spiro atoms. The Balaban J connectivity index is 1.50. The van der Waals surface area contributed by atoms with Crippen LogP contribution < -0.4 is 10.6 Å². The van der Waals surface area contributed by atoms with Crippen LogP contribution in [0.15, 0.2) is 0 Å². The van der Waals surface area contributed by atoms with Crippen molar-refractivity contribution >= 4 is 11.8 Å². The van der Waals surface area contributed by atoms with E-state index in [1.807, 2.05) is 6.92 Å². The second-order valence-corrected chi connectivity index (χ2v) is 10.8. The van der Waals surface area contributed by atoms with Gasteiger partial charge in [0.05, 0.1) is 66.1 Å². The molecule has 2 saturated heterocycles. The maximum atomic E-state index is 11.5. The monoisotopic (exact) mass is 658 g/mol. The van der Waals surface area contributed by atoms with Crippen molar-refractivity contribution < 1.29 is 78.1 Å². The molecule has 0 bridgehead atoms. The molecule has 0 aliphatic carbocycles. The molecular formula is C27H50N2O16. The van der Waals surface area contributed by atoms with Crippen molar-refractivity contribution in [3.05, 3.63) is 0 Å². The van der Waals surface area contributed by atoms with Crippen molar-refractivity contribution in [1.82, 2.24) is 10.6 Å². The van der Waals surface area contributed by atoms with Gasteiger partial charge >= 0.3 is 0 Å². The van der Waals surface area contributed by atoms with E-state index in [1.165, 1.54) is 13.8 Å². The van der Waals surface area contributed by atoms with Gasteiger partial charge < -0.3 is 79.2 Å². The number of hydrogen-bond donors (Lipinski definition) is 8. The fourth-order valence-electron chi connectivity index (χ4n) is 4.59. The van der Waals surface area contributed by atoms with Crippen LogP contribution in [-0.4, -0.2) is 177 Å². The van der Waals surface area contributed by atoms with E-state index in [2.05, 4.69) is 10.6 Å². The molecule has 0 saturated carbocycles. The van der Waals surface area contributed by atoms with Crippen molar-refractivity contribution in [3.63, 3.8) is 0 Å². The van der Waals surface area contributed by atoms with Crippen molar-refractivity contribution in [3.8, 4) is 0 Å². The van der Waals surface area contributed by atoms with E-state index in [0.29, 0.717) is 19.8 Å². The molecule has 7 unspecified atom stereocenters. The van der Waals surface area contributed by atoms with Gasteiger partial charge in [-0.3, -0.25) is 9.59 Å². The summed E-state index contributed by atoms with van der Waals surface area (Å²) in [4.78, 5) is 22.9. The first-order valence-electron chi connectivity index (χ1n) is 14.8. The smallest absolute Gasteiger partial charge is 0.217 e. The lowest BCUT2D eigenvalue weighted by molar-refractivity contribution is -0.273. The normalized spacial score (nSPS) is 32.6. The zero-order chi connectivity index (χ0) is 33.4. The Morgan fingerprint density at radius 1 is 0.644 bits per heavy atom. The number of amides is 2. The van der Waals surface area contributed by atoms with Crippen LogP contribution in [0.1, 0.15) is 20.8 Å². The maximum absolute atomic E-state index is 11.5. The molecule has 2 fully saturated rings. The average Bonchev–Trinajstić information content (AvgIpc) is 3.00. The molecule has 0 aromatic rings. The van der Waals surface area contributed by atoms with Crippen LogP contribution in [0.3, 0.4) is 0 Å². The first-order valence-corrected chi connectivity index (χ1v) is 14.8. The van der Waals surface area contributed by atoms with Gasteiger partial charge in [0, 0.05) is 19.8 Å². The summed E-state index contributed by atoms with van der Waals surface area (Å²) in [5.41, 5.74) is 0. The Morgan fingerprint density at radius 3 is 1.53 bits per heavy atom. The zero-order valence-electron chi connectivity index (χ0n) is 25.9. The minimum Gasteiger partial charge on any atom is -0.394 e. The Hall–Kier alpha value is -1.62. The number of carbonyl (C=O) groups is 2. The summed E-state index contributed by atoms with van der Waals surface area (Å²) >= 11 is 0. The molecule has 2 aliphatic heterocycles. The van der Waals surface area contributed by atoms with Gasteiger partial charge in [0.15, 0.2) is 12.6 Å².